The maximum absolute atomic E-state index is 13.1. The number of amides is 1. The van der Waals surface area contributed by atoms with E-state index in [1.54, 1.807) is 12.1 Å². The number of esters is 2. The number of carbonyl (C=O) groups excluding carboxylic acids is 3. The second-order valence-electron chi connectivity index (χ2n) is 8.14. The Labute approximate surface area is 240 Å². The van der Waals surface area contributed by atoms with Gasteiger partial charge in [0.05, 0.1) is 22.3 Å². The number of halogens is 7. The van der Waals surface area contributed by atoms with E-state index in [0.717, 1.165) is 27.8 Å². The van der Waals surface area contributed by atoms with E-state index in [1.165, 1.54) is 12.1 Å². The van der Waals surface area contributed by atoms with Crippen molar-refractivity contribution in [3.8, 4) is 0 Å². The molecular weight excluding hydrogens is 679 g/mol. The van der Waals surface area contributed by atoms with Crippen molar-refractivity contribution < 1.29 is 60.1 Å². The summed E-state index contributed by atoms with van der Waals surface area (Å²) >= 11 is 1.95. The van der Waals surface area contributed by atoms with Gasteiger partial charge in [-0.05, 0) is 83.3 Å². The summed E-state index contributed by atoms with van der Waals surface area (Å²) in [5.41, 5.74) is -3.91. The molecule has 0 aliphatic rings. The number of alkyl halides is 6. The van der Waals surface area contributed by atoms with E-state index in [-0.39, 0.29) is 5.69 Å². The predicted molar refractivity (Wildman–Crippen MR) is 137 cm³/mol. The number of carbonyl (C=O) groups is 4. The third-order valence-corrected chi connectivity index (χ3v) is 5.93. The zero-order valence-electron chi connectivity index (χ0n) is 20.1. The first-order valence-corrected chi connectivity index (χ1v) is 12.2. The van der Waals surface area contributed by atoms with E-state index >= 15 is 0 Å². The molecule has 3 aromatic rings. The second-order valence-corrected chi connectivity index (χ2v) is 9.39. The molecule has 41 heavy (non-hydrogen) atoms. The molecule has 0 aliphatic heterocycles. The Bertz CT molecular complexity index is 1460. The van der Waals surface area contributed by atoms with Gasteiger partial charge < -0.3 is 19.9 Å². The van der Waals surface area contributed by atoms with Crippen molar-refractivity contribution in [2.24, 2.45) is 0 Å². The smallest absolute Gasteiger partial charge is 0.416 e. The lowest BCUT2D eigenvalue weighted by Crippen LogP contribution is -2.48. The Kier molecular flexibility index (Phi) is 9.62. The number of hydrogen-bond acceptors (Lipinski definition) is 6. The highest BCUT2D eigenvalue weighted by Gasteiger charge is 2.42. The quantitative estimate of drug-likeness (QED) is 0.174. The Balaban J connectivity index is 1.96. The minimum absolute atomic E-state index is 0.0730. The Morgan fingerprint density at radius 2 is 1.15 bits per heavy atom. The number of rotatable bonds is 8. The fourth-order valence-corrected chi connectivity index (χ4v) is 3.61. The lowest BCUT2D eigenvalue weighted by atomic mass is 10.1. The minimum atomic E-state index is -4.86. The van der Waals surface area contributed by atoms with Gasteiger partial charge in [-0.3, -0.25) is 4.79 Å². The van der Waals surface area contributed by atoms with Crippen molar-refractivity contribution >= 4 is 52.1 Å². The molecule has 0 aliphatic carbocycles. The van der Waals surface area contributed by atoms with Crippen molar-refractivity contribution in [1.82, 2.24) is 0 Å². The molecule has 0 spiro atoms. The normalized spacial score (nSPS) is 13.0. The standard InChI is InChI=1S/C26H16F6INO7/c27-25(28,29)15-5-1-3-13(11-15)23(38)40-19(21(35)34-18-9-7-17(33)8-10-18)20(22(36)37)41-24(39)14-4-2-6-16(12-14)26(30,31)32/h1-12,19-20H,(H,34,35)(H,36,37)/t19-,20+/m0/s1. The summed E-state index contributed by atoms with van der Waals surface area (Å²) in [5, 5.41) is 12.0. The zero-order chi connectivity index (χ0) is 30.5. The molecule has 0 bridgehead atoms. The molecule has 15 heteroatoms. The first-order chi connectivity index (χ1) is 19.1. The first kappa shape index (κ1) is 31.4. The van der Waals surface area contributed by atoms with Crippen molar-refractivity contribution in [3.63, 3.8) is 0 Å². The van der Waals surface area contributed by atoms with Gasteiger partial charge in [0.25, 0.3) is 5.91 Å². The van der Waals surface area contributed by atoms with Crippen LogP contribution in [0.1, 0.15) is 31.8 Å². The van der Waals surface area contributed by atoms with Gasteiger partial charge in [-0.15, -0.1) is 0 Å². The van der Waals surface area contributed by atoms with Crippen LogP contribution in [0.5, 0.6) is 0 Å². The molecular formula is C26H16F6INO7. The number of carboxylic acid groups (broad SMARTS) is 1. The van der Waals surface area contributed by atoms with Gasteiger partial charge >= 0.3 is 30.3 Å². The number of nitrogens with one attached hydrogen (secondary N) is 1. The maximum atomic E-state index is 13.1. The number of ether oxygens (including phenoxy) is 2. The van der Waals surface area contributed by atoms with Gasteiger partial charge in [-0.25, -0.2) is 14.4 Å². The van der Waals surface area contributed by atoms with E-state index in [9.17, 15) is 50.6 Å². The van der Waals surface area contributed by atoms with Crippen LogP contribution >= 0.6 is 22.6 Å². The molecule has 3 rings (SSSR count). The molecule has 1 amide bonds. The number of anilines is 1. The van der Waals surface area contributed by atoms with Crippen LogP contribution in [-0.4, -0.2) is 41.1 Å². The molecule has 0 heterocycles. The van der Waals surface area contributed by atoms with Gasteiger partial charge in [0.1, 0.15) is 0 Å². The van der Waals surface area contributed by atoms with Crippen LogP contribution in [0.4, 0.5) is 32.0 Å². The largest absolute Gasteiger partial charge is 0.478 e. The molecule has 3 aromatic carbocycles. The molecule has 0 saturated carbocycles. The van der Waals surface area contributed by atoms with Gasteiger partial charge in [0.15, 0.2) is 0 Å². The Hall–Kier alpha value is -4.15. The van der Waals surface area contributed by atoms with Crippen LogP contribution in [0, 0.1) is 3.57 Å². The van der Waals surface area contributed by atoms with Crippen molar-refractivity contribution in [3.05, 3.63) is 98.6 Å². The number of benzene rings is 3. The van der Waals surface area contributed by atoms with E-state index in [1.807, 2.05) is 22.6 Å². The Morgan fingerprint density at radius 3 is 1.56 bits per heavy atom. The van der Waals surface area contributed by atoms with Crippen LogP contribution in [0.3, 0.4) is 0 Å². The molecule has 0 fully saturated rings. The molecule has 8 nitrogen and oxygen atoms in total. The van der Waals surface area contributed by atoms with Crippen molar-refractivity contribution in [2.75, 3.05) is 5.32 Å². The van der Waals surface area contributed by atoms with E-state index < -0.39 is 70.6 Å². The SMILES string of the molecule is O=C(O[C@H](C(=O)Nc1ccc(I)cc1)[C@@H](OC(=O)c1cccc(C(F)(F)F)c1)C(=O)O)c1cccc(C(F)(F)F)c1. The average Bonchev–Trinajstić information content (AvgIpc) is 2.90. The summed E-state index contributed by atoms with van der Waals surface area (Å²) in [6.07, 6.45) is -14.8. The number of aliphatic carboxylic acids is 1. The molecule has 2 N–H and O–H groups in total. The van der Waals surface area contributed by atoms with Crippen molar-refractivity contribution in [2.45, 2.75) is 24.6 Å². The van der Waals surface area contributed by atoms with Crippen LogP contribution in [0.15, 0.2) is 72.8 Å². The fraction of sp³-hybridized carbons (Fsp3) is 0.154. The van der Waals surface area contributed by atoms with E-state index in [0.29, 0.717) is 24.3 Å². The highest BCUT2D eigenvalue weighted by atomic mass is 127. The van der Waals surface area contributed by atoms with Crippen molar-refractivity contribution in [1.29, 1.82) is 0 Å². The summed E-state index contributed by atoms with van der Waals surface area (Å²) in [4.78, 5) is 50.5. The molecule has 2 atom stereocenters. The lowest BCUT2D eigenvalue weighted by molar-refractivity contribution is -0.157. The lowest BCUT2D eigenvalue weighted by Gasteiger charge is -2.24. The monoisotopic (exact) mass is 695 g/mol. The first-order valence-electron chi connectivity index (χ1n) is 11.1. The average molecular weight is 695 g/mol. The third kappa shape index (κ3) is 8.42. The van der Waals surface area contributed by atoms with E-state index in [2.05, 4.69) is 5.32 Å². The maximum Gasteiger partial charge on any atom is 0.416 e. The van der Waals surface area contributed by atoms with Gasteiger partial charge in [0.2, 0.25) is 12.2 Å². The summed E-state index contributed by atoms with van der Waals surface area (Å²) in [6.45, 7) is 0. The second kappa shape index (κ2) is 12.6. The number of hydrogen-bond donors (Lipinski definition) is 2. The summed E-state index contributed by atoms with van der Waals surface area (Å²) in [6, 6.07) is 11.4. The summed E-state index contributed by atoms with van der Waals surface area (Å²) in [7, 11) is 0. The van der Waals surface area contributed by atoms with Gasteiger partial charge in [-0.2, -0.15) is 26.3 Å². The highest BCUT2D eigenvalue weighted by molar-refractivity contribution is 14.1. The van der Waals surface area contributed by atoms with Crippen LogP contribution in [0.25, 0.3) is 0 Å². The summed E-state index contributed by atoms with van der Waals surface area (Å²) < 4.78 is 89.0. The van der Waals surface area contributed by atoms with Crippen LogP contribution in [-0.2, 0) is 31.4 Å². The molecule has 216 valence electrons. The summed E-state index contributed by atoms with van der Waals surface area (Å²) in [5.74, 6) is -6.62. The minimum Gasteiger partial charge on any atom is -0.478 e. The van der Waals surface area contributed by atoms with Crippen LogP contribution in [0.2, 0.25) is 0 Å². The van der Waals surface area contributed by atoms with Crippen LogP contribution < -0.4 is 5.32 Å². The molecule has 0 saturated heterocycles. The topological polar surface area (TPSA) is 119 Å². The fourth-order valence-electron chi connectivity index (χ4n) is 3.25. The highest BCUT2D eigenvalue weighted by Crippen LogP contribution is 2.31. The zero-order valence-corrected chi connectivity index (χ0v) is 22.3. The molecule has 0 radical (unpaired) electrons. The Morgan fingerprint density at radius 1 is 0.707 bits per heavy atom. The van der Waals surface area contributed by atoms with Gasteiger partial charge in [0, 0.05) is 9.26 Å². The van der Waals surface area contributed by atoms with E-state index in [4.69, 9.17) is 9.47 Å². The third-order valence-electron chi connectivity index (χ3n) is 5.21. The predicted octanol–water partition coefficient (Wildman–Crippen LogP) is 5.80. The molecule has 0 unspecified atom stereocenters. The molecule has 0 aromatic heterocycles. The number of carboxylic acids is 1. The van der Waals surface area contributed by atoms with Gasteiger partial charge in [-0.1, -0.05) is 12.1 Å².